The van der Waals surface area contributed by atoms with E-state index < -0.39 is 5.97 Å². The Kier molecular flexibility index (Phi) is 14.7. The Labute approximate surface area is 176 Å². The van der Waals surface area contributed by atoms with E-state index >= 15 is 0 Å². The van der Waals surface area contributed by atoms with Gasteiger partial charge in [-0.05, 0) is 65.5 Å². The van der Waals surface area contributed by atoms with Crippen LogP contribution in [0.2, 0.25) is 0 Å². The molecule has 0 fully saturated rings. The Morgan fingerprint density at radius 2 is 1.59 bits per heavy atom. The number of hydrogen-bond acceptors (Lipinski definition) is 2. The molecule has 1 rings (SSSR count). The largest absolute Gasteiger partial charge is 0.478 e. The highest BCUT2D eigenvalue weighted by molar-refractivity contribution is 7.99. The van der Waals surface area contributed by atoms with Crippen molar-refractivity contribution in [2.45, 2.75) is 58.3 Å². The molecule has 0 saturated carbocycles. The monoisotopic (exact) mass is 414 g/mol. The fraction of sp³-hybridized carbons (Fsp3) is 0.409. The van der Waals surface area contributed by atoms with Crippen LogP contribution in [0.15, 0.2) is 64.1 Å². The predicted octanol–water partition coefficient (Wildman–Crippen LogP) is 7.16. The Morgan fingerprint density at radius 1 is 1.04 bits per heavy atom. The van der Waals surface area contributed by atoms with Gasteiger partial charge in [0.1, 0.15) is 0 Å². The highest BCUT2D eigenvalue weighted by atomic mass is 32.2. The molecule has 0 aliphatic carbocycles. The molecule has 2 nitrogen and oxygen atoms in total. The summed E-state index contributed by atoms with van der Waals surface area (Å²) in [6.45, 7) is 8.63. The summed E-state index contributed by atoms with van der Waals surface area (Å²) in [5.74, 6) is -0.0584. The average molecular weight is 415 g/mol. The summed E-state index contributed by atoms with van der Waals surface area (Å²) >= 11 is 1.58. The van der Waals surface area contributed by atoms with Gasteiger partial charge in [-0.25, -0.2) is 4.79 Å². The average Bonchev–Trinajstić information content (AvgIpc) is 2.63. The Hall–Kier alpha value is -1.46. The van der Waals surface area contributed by atoms with Gasteiger partial charge in [-0.3, -0.25) is 4.72 Å². The summed E-state index contributed by atoms with van der Waals surface area (Å²) in [4.78, 5) is 12.0. The minimum Gasteiger partial charge on any atom is -0.478 e. The number of carboxylic acid groups (broad SMARTS) is 1. The van der Waals surface area contributed by atoms with Gasteiger partial charge in [0.25, 0.3) is 1.45 Å². The second-order valence-corrected chi connectivity index (χ2v) is 7.63. The van der Waals surface area contributed by atoms with Crippen LogP contribution in [0.4, 0.5) is 4.72 Å². The van der Waals surface area contributed by atoms with Crippen LogP contribution < -0.4 is 0 Å². The molecule has 152 valence electrons. The van der Waals surface area contributed by atoms with Gasteiger partial charge in [0.05, 0.1) is 5.56 Å². The predicted molar refractivity (Wildman–Crippen MR) is 122 cm³/mol. The van der Waals surface area contributed by atoms with Crippen LogP contribution in [-0.2, 0) is 0 Å². The summed E-state index contributed by atoms with van der Waals surface area (Å²) in [7, 11) is 0. The van der Waals surface area contributed by atoms with Crippen molar-refractivity contribution in [2.24, 2.45) is 0 Å². The van der Waals surface area contributed by atoms with Gasteiger partial charge in [0.15, 0.2) is 0 Å². The number of carboxylic acids is 1. The normalized spacial score (nSPS) is 11.5. The molecule has 0 aliphatic rings. The molecule has 0 bridgehead atoms. The van der Waals surface area contributed by atoms with Crippen molar-refractivity contribution >= 4 is 31.2 Å². The number of carbonyl (C=O) groups is 1. The number of halogens is 1. The fourth-order valence-corrected chi connectivity index (χ4v) is 3.41. The van der Waals surface area contributed by atoms with E-state index in [9.17, 15) is 9.90 Å². The van der Waals surface area contributed by atoms with Crippen molar-refractivity contribution < 1.29 is 14.6 Å². The van der Waals surface area contributed by atoms with Gasteiger partial charge < -0.3 is 5.11 Å². The van der Waals surface area contributed by atoms with Crippen molar-refractivity contribution in [1.29, 1.82) is 1.45 Å². The highest BCUT2D eigenvalue weighted by Gasteiger charge is 2.08. The molecular formula is C22H33FO2S2. The van der Waals surface area contributed by atoms with Crippen LogP contribution in [0.5, 0.6) is 0 Å². The van der Waals surface area contributed by atoms with Crippen molar-refractivity contribution in [3.8, 4) is 0 Å². The first kappa shape index (κ1) is 25.5. The lowest BCUT2D eigenvalue weighted by atomic mass is 10.1. The number of thioether (sulfide) groups is 1. The molecule has 0 aromatic heterocycles. The summed E-state index contributed by atoms with van der Waals surface area (Å²) < 4.78 is 13.0. The van der Waals surface area contributed by atoms with Gasteiger partial charge in [-0.2, -0.15) is 13.5 Å². The zero-order chi connectivity index (χ0) is 20.7. The molecule has 1 aromatic rings. The summed E-state index contributed by atoms with van der Waals surface area (Å²) in [6, 6.07) is 7.18. The molecule has 0 atom stereocenters. The first-order valence-corrected chi connectivity index (χ1v) is 9.78. The van der Waals surface area contributed by atoms with Crippen molar-refractivity contribution in [2.75, 3.05) is 5.75 Å². The second kappa shape index (κ2) is 15.6. The van der Waals surface area contributed by atoms with Crippen LogP contribution in [0, 0.1) is 0 Å². The molecule has 1 aromatic carbocycles. The van der Waals surface area contributed by atoms with E-state index in [0.717, 1.165) is 36.3 Å². The first-order chi connectivity index (χ1) is 12.9. The third kappa shape index (κ3) is 12.5. The Morgan fingerprint density at radius 3 is 2.19 bits per heavy atom. The molecule has 0 spiro atoms. The van der Waals surface area contributed by atoms with Crippen LogP contribution in [-0.4, -0.2) is 18.3 Å². The number of allylic oxidation sites excluding steroid dienone is 5. The molecule has 0 saturated heterocycles. The lowest BCUT2D eigenvalue weighted by Gasteiger charge is -2.04. The van der Waals surface area contributed by atoms with Crippen LogP contribution in [0.1, 0.15) is 63.7 Å². The SMILES string of the molecule is CC(C)=CCC/C(C)=C/CC/C(C)=C/CSc1ccccc1C(=O)O.S.[3H]F. The van der Waals surface area contributed by atoms with Crippen molar-refractivity contribution in [3.63, 3.8) is 0 Å². The van der Waals surface area contributed by atoms with Crippen LogP contribution in [0.25, 0.3) is 0 Å². The van der Waals surface area contributed by atoms with Crippen molar-refractivity contribution in [3.05, 3.63) is 64.8 Å². The quantitative estimate of drug-likeness (QED) is 0.326. The van der Waals surface area contributed by atoms with Crippen LogP contribution in [0.3, 0.4) is 0 Å². The second-order valence-electron chi connectivity index (χ2n) is 6.57. The Balaban J connectivity index is 0. The molecular weight excluding hydrogens is 379 g/mol. The summed E-state index contributed by atoms with van der Waals surface area (Å²) in [5.41, 5.74) is 4.57. The molecule has 27 heavy (non-hydrogen) atoms. The smallest absolute Gasteiger partial charge is 0.336 e. The van der Waals surface area contributed by atoms with Gasteiger partial charge in [-0.1, -0.05) is 47.1 Å². The van der Waals surface area contributed by atoms with Gasteiger partial charge in [0.2, 0.25) is 0 Å². The van der Waals surface area contributed by atoms with E-state index in [4.69, 9.17) is 4.72 Å². The molecule has 5 heteroatoms. The maximum Gasteiger partial charge on any atom is 0.336 e. The summed E-state index contributed by atoms with van der Waals surface area (Å²) in [6.07, 6.45) is 11.2. The maximum atomic E-state index is 11.2. The number of rotatable bonds is 10. The number of hydrogen-bond donors (Lipinski definition) is 1. The minimum absolute atomic E-state index is 0. The Bertz CT molecular complexity index is 666. The topological polar surface area (TPSA) is 37.3 Å². The van der Waals surface area contributed by atoms with E-state index in [1.54, 1.807) is 23.9 Å². The lowest BCUT2D eigenvalue weighted by molar-refractivity contribution is 0.0693. The van der Waals surface area contributed by atoms with E-state index in [2.05, 4.69) is 47.4 Å². The minimum atomic E-state index is -0.863. The molecule has 0 heterocycles. The van der Waals surface area contributed by atoms with Crippen molar-refractivity contribution in [1.82, 2.24) is 0 Å². The molecule has 1 N–H and O–H groups in total. The van der Waals surface area contributed by atoms with E-state index in [1.165, 1.54) is 16.7 Å². The van der Waals surface area contributed by atoms with Gasteiger partial charge in [0, 0.05) is 10.6 Å². The summed E-state index contributed by atoms with van der Waals surface area (Å²) in [5, 5.41) is 9.20. The molecule has 0 aliphatic heterocycles. The highest BCUT2D eigenvalue weighted by Crippen LogP contribution is 2.23. The third-order valence-electron chi connectivity index (χ3n) is 3.91. The molecule has 0 unspecified atom stereocenters. The third-order valence-corrected chi connectivity index (χ3v) is 4.91. The number of benzene rings is 1. The van der Waals surface area contributed by atoms with E-state index in [-0.39, 0.29) is 13.5 Å². The van der Waals surface area contributed by atoms with E-state index in [0.29, 0.717) is 5.56 Å². The molecule has 0 amide bonds. The zero-order valence-electron chi connectivity index (χ0n) is 17.7. The van der Waals surface area contributed by atoms with Crippen LogP contribution >= 0.6 is 25.3 Å². The van der Waals surface area contributed by atoms with Gasteiger partial charge >= 0.3 is 5.97 Å². The maximum absolute atomic E-state index is 11.2. The standard InChI is InChI=1S/C22H30O2S.FH.H2S/c1-17(2)9-7-10-18(3)11-8-12-19(4)15-16-25-21-14-6-5-13-20(21)22(23)24;;/h5-6,9,11,13-15H,7-8,10,12,16H2,1-4H3,(H,23,24);1H;1H2/b18-11+,19-15+;;/i/hT. The molecule has 0 radical (unpaired) electrons. The van der Waals surface area contributed by atoms with E-state index in [1.807, 2.05) is 12.1 Å². The first-order valence-electron chi connectivity index (χ1n) is 9.17. The lowest BCUT2D eigenvalue weighted by Crippen LogP contribution is -1.98. The fourth-order valence-electron chi connectivity index (χ4n) is 2.38. The van der Waals surface area contributed by atoms with Gasteiger partial charge in [-0.15, -0.1) is 11.8 Å². The number of aromatic carboxylic acids is 1. The zero-order valence-corrected chi connectivity index (χ0v) is 18.5.